The van der Waals surface area contributed by atoms with Crippen LogP contribution in [0.15, 0.2) is 57.2 Å². The summed E-state index contributed by atoms with van der Waals surface area (Å²) >= 11 is 0. The van der Waals surface area contributed by atoms with Gasteiger partial charge in [-0.05, 0) is 118 Å². The Bertz CT molecular complexity index is 865. The minimum absolute atomic E-state index is 0.0448. The summed E-state index contributed by atoms with van der Waals surface area (Å²) in [4.78, 5) is 24.9. The van der Waals surface area contributed by atoms with Crippen LogP contribution in [0.5, 0.6) is 0 Å². The maximum absolute atomic E-state index is 12.6. The molecule has 0 heterocycles. The first kappa shape index (κ1) is 27.3. The van der Waals surface area contributed by atoms with E-state index in [4.69, 9.17) is 0 Å². The Hall–Kier alpha value is -1.96. The van der Waals surface area contributed by atoms with Gasteiger partial charge in [-0.25, -0.2) is 0 Å². The summed E-state index contributed by atoms with van der Waals surface area (Å²) in [7, 11) is 0. The molecule has 2 nitrogen and oxygen atoms in total. The maximum atomic E-state index is 12.6. The average molecular weight is 451 g/mol. The van der Waals surface area contributed by atoms with Crippen LogP contribution in [0, 0.1) is 5.92 Å². The molecule has 0 saturated heterocycles. The molecule has 1 unspecified atom stereocenters. The third-order valence-corrected chi connectivity index (χ3v) is 7.60. The van der Waals surface area contributed by atoms with Gasteiger partial charge >= 0.3 is 0 Å². The van der Waals surface area contributed by atoms with E-state index in [1.54, 1.807) is 19.4 Å². The lowest BCUT2D eigenvalue weighted by Gasteiger charge is -2.20. The number of ketones is 2. The van der Waals surface area contributed by atoms with Crippen LogP contribution < -0.4 is 0 Å². The highest BCUT2D eigenvalue weighted by atomic mass is 16.1. The molecule has 2 aliphatic rings. The van der Waals surface area contributed by atoms with Gasteiger partial charge < -0.3 is 0 Å². The molecule has 0 aromatic heterocycles. The van der Waals surface area contributed by atoms with Gasteiger partial charge in [0.05, 0.1) is 0 Å². The van der Waals surface area contributed by atoms with Crippen LogP contribution in [-0.4, -0.2) is 11.6 Å². The highest BCUT2D eigenvalue weighted by molar-refractivity contribution is 6.24. The van der Waals surface area contributed by atoms with Crippen molar-refractivity contribution >= 4 is 11.6 Å². The lowest BCUT2D eigenvalue weighted by atomic mass is 9.82. The van der Waals surface area contributed by atoms with Gasteiger partial charge in [-0.1, -0.05) is 41.9 Å². The van der Waals surface area contributed by atoms with Crippen molar-refractivity contribution in [1.29, 1.82) is 0 Å². The van der Waals surface area contributed by atoms with Gasteiger partial charge in [0.25, 0.3) is 0 Å². The second-order valence-electron chi connectivity index (χ2n) is 10.5. The molecule has 2 rings (SSSR count). The molecule has 0 N–H and O–H groups in total. The van der Waals surface area contributed by atoms with Crippen LogP contribution in [0.25, 0.3) is 0 Å². The van der Waals surface area contributed by atoms with Crippen LogP contribution in [0.3, 0.4) is 0 Å². The van der Waals surface area contributed by atoms with E-state index in [0.717, 1.165) is 37.7 Å². The number of Topliss-reactive ketones (excluding diaryl/α,β-unsaturated/α-hetero) is 2. The molecular weight excluding hydrogens is 404 g/mol. The molecule has 0 aliphatic heterocycles. The lowest BCUT2D eigenvalue weighted by Crippen LogP contribution is -2.21. The second kappa shape index (κ2) is 13.7. The monoisotopic (exact) mass is 450 g/mol. The number of carbonyl (C=O) groups excluding carboxylic acids is 2. The Labute approximate surface area is 203 Å². The van der Waals surface area contributed by atoms with Gasteiger partial charge in [0.2, 0.25) is 0 Å². The Balaban J connectivity index is 1.66. The van der Waals surface area contributed by atoms with E-state index in [2.05, 4.69) is 39.0 Å². The lowest BCUT2D eigenvalue weighted by molar-refractivity contribution is -0.116. The van der Waals surface area contributed by atoms with Crippen LogP contribution in [0.2, 0.25) is 0 Å². The molecule has 0 aromatic rings. The van der Waals surface area contributed by atoms with Gasteiger partial charge in [-0.3, -0.25) is 9.59 Å². The Morgan fingerprint density at radius 3 is 2.03 bits per heavy atom. The van der Waals surface area contributed by atoms with Crippen molar-refractivity contribution in [3.63, 3.8) is 0 Å². The fourth-order valence-corrected chi connectivity index (χ4v) is 4.89. The first-order chi connectivity index (χ1) is 15.7. The van der Waals surface area contributed by atoms with Crippen molar-refractivity contribution in [3.8, 4) is 0 Å². The molecule has 2 heteroatoms. The van der Waals surface area contributed by atoms with Gasteiger partial charge in [-0.2, -0.15) is 0 Å². The average Bonchev–Trinajstić information content (AvgIpc) is 3.30. The van der Waals surface area contributed by atoms with E-state index in [1.807, 2.05) is 6.92 Å². The minimum Gasteiger partial charge on any atom is -0.289 e. The Morgan fingerprint density at radius 1 is 0.788 bits per heavy atom. The van der Waals surface area contributed by atoms with Crippen molar-refractivity contribution < 1.29 is 9.59 Å². The standard InChI is InChI=1S/C31H46O2/c1-22(12-9-13-23(2)16-11-19-28-17-7-8-18-28)14-10-15-24(3)20-21-29-27(6)30(32)25(4)26(5)31(29)33/h13-14,19,24H,7-12,15-18,20-21H2,1-6H3/b22-14+,23-13+. The molecule has 1 atom stereocenters. The van der Waals surface area contributed by atoms with E-state index in [0.29, 0.717) is 29.1 Å². The van der Waals surface area contributed by atoms with Gasteiger partial charge in [-0.15, -0.1) is 0 Å². The topological polar surface area (TPSA) is 34.1 Å². The van der Waals surface area contributed by atoms with Crippen LogP contribution in [0.1, 0.15) is 119 Å². The number of hydrogen-bond donors (Lipinski definition) is 0. The summed E-state index contributed by atoms with van der Waals surface area (Å²) in [6.45, 7) is 12.1. The molecule has 0 amide bonds. The van der Waals surface area contributed by atoms with E-state index >= 15 is 0 Å². The second-order valence-corrected chi connectivity index (χ2v) is 10.5. The van der Waals surface area contributed by atoms with Gasteiger partial charge in [0, 0.05) is 22.3 Å². The van der Waals surface area contributed by atoms with E-state index in [-0.39, 0.29) is 11.6 Å². The van der Waals surface area contributed by atoms with Crippen molar-refractivity contribution in [2.24, 2.45) is 5.92 Å². The SMILES string of the molecule is CC1=C(C)C(=O)C(CCC(C)CC/C=C(\C)CC/C=C(\C)CCC=C2CCCC2)=C(C)C1=O. The number of allylic oxidation sites excluding steroid dienone is 10. The smallest absolute Gasteiger partial charge is 0.185 e. The zero-order chi connectivity index (χ0) is 24.4. The summed E-state index contributed by atoms with van der Waals surface area (Å²) < 4.78 is 0. The normalized spacial score (nSPS) is 19.2. The third kappa shape index (κ3) is 8.72. The van der Waals surface area contributed by atoms with Gasteiger partial charge in [0.15, 0.2) is 11.6 Å². The van der Waals surface area contributed by atoms with E-state index in [1.165, 1.54) is 49.7 Å². The predicted molar refractivity (Wildman–Crippen MR) is 141 cm³/mol. The van der Waals surface area contributed by atoms with Crippen LogP contribution >= 0.6 is 0 Å². The summed E-state index contributed by atoms with van der Waals surface area (Å²) in [6.07, 6.45) is 21.3. The molecular formula is C31H46O2. The zero-order valence-electron chi connectivity index (χ0n) is 22.1. The number of rotatable bonds is 12. The van der Waals surface area contributed by atoms with Crippen molar-refractivity contribution in [2.45, 2.75) is 119 Å². The highest BCUT2D eigenvalue weighted by Gasteiger charge is 2.27. The molecule has 1 saturated carbocycles. The molecule has 1 fully saturated rings. The van der Waals surface area contributed by atoms with E-state index in [9.17, 15) is 9.59 Å². The summed E-state index contributed by atoms with van der Waals surface area (Å²) in [5.41, 5.74) is 7.31. The Morgan fingerprint density at radius 2 is 1.36 bits per heavy atom. The molecule has 33 heavy (non-hydrogen) atoms. The van der Waals surface area contributed by atoms with Crippen LogP contribution in [-0.2, 0) is 9.59 Å². The Kier molecular flexibility index (Phi) is 11.3. The molecule has 0 aromatic carbocycles. The zero-order valence-corrected chi connectivity index (χ0v) is 22.1. The van der Waals surface area contributed by atoms with Gasteiger partial charge in [0.1, 0.15) is 0 Å². The third-order valence-electron chi connectivity index (χ3n) is 7.60. The van der Waals surface area contributed by atoms with Crippen molar-refractivity contribution in [3.05, 3.63) is 57.2 Å². The molecule has 0 bridgehead atoms. The summed E-state index contributed by atoms with van der Waals surface area (Å²) in [6, 6.07) is 0. The molecule has 2 aliphatic carbocycles. The minimum atomic E-state index is 0.0448. The number of hydrogen-bond acceptors (Lipinski definition) is 2. The molecule has 0 radical (unpaired) electrons. The van der Waals surface area contributed by atoms with E-state index < -0.39 is 0 Å². The molecule has 182 valence electrons. The first-order valence-corrected chi connectivity index (χ1v) is 13.2. The first-order valence-electron chi connectivity index (χ1n) is 13.2. The quantitative estimate of drug-likeness (QED) is 0.220. The maximum Gasteiger partial charge on any atom is 0.185 e. The summed E-state index contributed by atoms with van der Waals surface area (Å²) in [5, 5.41) is 0. The summed E-state index contributed by atoms with van der Waals surface area (Å²) in [5.74, 6) is 0.662. The van der Waals surface area contributed by atoms with Crippen molar-refractivity contribution in [2.75, 3.05) is 0 Å². The highest BCUT2D eigenvalue weighted by Crippen LogP contribution is 2.29. The number of carbonyl (C=O) groups is 2. The molecule has 0 spiro atoms. The van der Waals surface area contributed by atoms with Crippen molar-refractivity contribution in [1.82, 2.24) is 0 Å². The predicted octanol–water partition coefficient (Wildman–Crippen LogP) is 8.94. The fourth-order valence-electron chi connectivity index (χ4n) is 4.89. The largest absolute Gasteiger partial charge is 0.289 e. The fraction of sp³-hybridized carbons (Fsp3) is 0.613. The van der Waals surface area contributed by atoms with Crippen LogP contribution in [0.4, 0.5) is 0 Å².